The van der Waals surface area contributed by atoms with Crippen LogP contribution in [0.3, 0.4) is 0 Å². The molecule has 0 aromatic heterocycles. The molecule has 1 fully saturated rings. The molecule has 1 atom stereocenters. The van der Waals surface area contributed by atoms with Gasteiger partial charge < -0.3 is 0 Å². The number of rotatable bonds is 3. The highest BCUT2D eigenvalue weighted by Crippen LogP contribution is 2.34. The zero-order chi connectivity index (χ0) is 14.5. The van der Waals surface area contributed by atoms with Crippen molar-refractivity contribution in [2.45, 2.75) is 25.1 Å². The normalized spacial score (nSPS) is 23.6. The van der Waals surface area contributed by atoms with Crippen LogP contribution >= 0.6 is 0 Å². The first kappa shape index (κ1) is 13.8. The number of nitrogens with one attached hydrogen (secondary N) is 1. The summed E-state index contributed by atoms with van der Waals surface area (Å²) in [6, 6.07) is 1.27. The molecule has 1 unspecified atom stereocenters. The standard InChI is InChI=1S/C12H13F3N2O2S/c13-7-3-10-9(11(15)4-7)1-2-12(10)16-20(18,19)17-5-8(14)6-17/h3-4,8,12,16H,1-2,5-6H2. The van der Waals surface area contributed by atoms with Crippen LogP contribution in [0, 0.1) is 11.6 Å². The molecule has 8 heteroatoms. The van der Waals surface area contributed by atoms with Gasteiger partial charge in [-0.25, -0.2) is 13.2 Å². The third-order valence-corrected chi connectivity index (χ3v) is 5.25. The van der Waals surface area contributed by atoms with Crippen molar-refractivity contribution in [3.8, 4) is 0 Å². The van der Waals surface area contributed by atoms with Crippen LogP contribution in [0.5, 0.6) is 0 Å². The van der Waals surface area contributed by atoms with Crippen molar-refractivity contribution in [1.29, 1.82) is 0 Å². The zero-order valence-electron chi connectivity index (χ0n) is 10.4. The molecule has 1 N–H and O–H groups in total. The van der Waals surface area contributed by atoms with E-state index in [4.69, 9.17) is 0 Å². The van der Waals surface area contributed by atoms with E-state index in [1.54, 1.807) is 0 Å². The van der Waals surface area contributed by atoms with Gasteiger partial charge in [-0.3, -0.25) is 0 Å². The summed E-state index contributed by atoms with van der Waals surface area (Å²) < 4.78 is 66.8. The lowest BCUT2D eigenvalue weighted by Crippen LogP contribution is -2.55. The van der Waals surface area contributed by atoms with E-state index < -0.39 is 34.1 Å². The van der Waals surface area contributed by atoms with E-state index in [1.165, 1.54) is 0 Å². The van der Waals surface area contributed by atoms with Crippen LogP contribution in [0.15, 0.2) is 12.1 Å². The molecule has 1 saturated heterocycles. The van der Waals surface area contributed by atoms with E-state index in [9.17, 15) is 21.6 Å². The van der Waals surface area contributed by atoms with Gasteiger partial charge >= 0.3 is 0 Å². The molecule has 0 bridgehead atoms. The van der Waals surface area contributed by atoms with Crippen LogP contribution in [0.2, 0.25) is 0 Å². The molecule has 110 valence electrons. The maximum Gasteiger partial charge on any atom is 0.280 e. The second-order valence-electron chi connectivity index (χ2n) is 5.08. The lowest BCUT2D eigenvalue weighted by molar-refractivity contribution is 0.139. The van der Waals surface area contributed by atoms with Crippen molar-refractivity contribution >= 4 is 10.2 Å². The van der Waals surface area contributed by atoms with Crippen molar-refractivity contribution in [2.75, 3.05) is 13.1 Å². The number of benzene rings is 1. The summed E-state index contributed by atoms with van der Waals surface area (Å²) in [6.07, 6.45) is -0.431. The molecule has 4 nitrogen and oxygen atoms in total. The largest absolute Gasteiger partial charge is 0.280 e. The fraction of sp³-hybridized carbons (Fsp3) is 0.500. The molecule has 2 aliphatic rings. The predicted molar refractivity (Wildman–Crippen MR) is 65.9 cm³/mol. The Morgan fingerprint density at radius 2 is 1.95 bits per heavy atom. The number of nitrogens with zero attached hydrogens (tertiary/aromatic N) is 1. The highest BCUT2D eigenvalue weighted by molar-refractivity contribution is 7.87. The average molecular weight is 306 g/mol. The Balaban J connectivity index is 1.82. The first-order valence-electron chi connectivity index (χ1n) is 6.26. The van der Waals surface area contributed by atoms with Crippen molar-refractivity contribution in [1.82, 2.24) is 9.03 Å². The lowest BCUT2D eigenvalue weighted by atomic mass is 10.1. The molecule has 3 rings (SSSR count). The Hall–Kier alpha value is -1.12. The molecule has 1 heterocycles. The summed E-state index contributed by atoms with van der Waals surface area (Å²) in [6.45, 7) is -0.348. The third-order valence-electron chi connectivity index (χ3n) is 3.69. The molecular weight excluding hydrogens is 293 g/mol. The van der Waals surface area contributed by atoms with Crippen molar-refractivity contribution in [3.63, 3.8) is 0 Å². The summed E-state index contributed by atoms with van der Waals surface area (Å²) in [5.74, 6) is -1.39. The fourth-order valence-electron chi connectivity index (χ4n) is 2.60. The van der Waals surface area contributed by atoms with Gasteiger partial charge in [0.2, 0.25) is 0 Å². The molecular formula is C12H13F3N2O2S. The van der Waals surface area contributed by atoms with Gasteiger partial charge in [0.15, 0.2) is 0 Å². The van der Waals surface area contributed by atoms with Crippen molar-refractivity contribution in [2.24, 2.45) is 0 Å². The van der Waals surface area contributed by atoms with Gasteiger partial charge in [-0.05, 0) is 30.0 Å². The minimum atomic E-state index is -3.81. The molecule has 1 aliphatic carbocycles. The van der Waals surface area contributed by atoms with E-state index in [0.717, 1.165) is 16.4 Å². The molecule has 1 aromatic carbocycles. The number of alkyl halides is 1. The maximum atomic E-state index is 13.6. The average Bonchev–Trinajstić information content (AvgIpc) is 2.68. The molecule has 0 spiro atoms. The Kier molecular flexibility index (Phi) is 3.26. The smallest absolute Gasteiger partial charge is 0.245 e. The minimum absolute atomic E-state index is 0.174. The summed E-state index contributed by atoms with van der Waals surface area (Å²) in [4.78, 5) is 0. The van der Waals surface area contributed by atoms with Crippen LogP contribution in [0.4, 0.5) is 13.2 Å². The fourth-order valence-corrected chi connectivity index (χ4v) is 4.07. The highest BCUT2D eigenvalue weighted by Gasteiger charge is 2.38. The van der Waals surface area contributed by atoms with E-state index in [-0.39, 0.29) is 13.1 Å². The Bertz CT molecular complexity index is 644. The number of hydrogen-bond acceptors (Lipinski definition) is 2. The van der Waals surface area contributed by atoms with E-state index in [2.05, 4.69) is 4.72 Å². The predicted octanol–water partition coefficient (Wildman–Crippen LogP) is 1.44. The van der Waals surface area contributed by atoms with Gasteiger partial charge in [0, 0.05) is 25.2 Å². The van der Waals surface area contributed by atoms with Crippen LogP contribution in [0.25, 0.3) is 0 Å². The molecule has 20 heavy (non-hydrogen) atoms. The zero-order valence-corrected chi connectivity index (χ0v) is 11.3. The van der Waals surface area contributed by atoms with Gasteiger partial charge in [0.05, 0.1) is 0 Å². The topological polar surface area (TPSA) is 49.4 Å². The Labute approximate surface area is 114 Å². The van der Waals surface area contributed by atoms with Gasteiger partial charge in [-0.1, -0.05) is 0 Å². The van der Waals surface area contributed by atoms with E-state index in [0.29, 0.717) is 24.0 Å². The Morgan fingerprint density at radius 1 is 1.25 bits per heavy atom. The van der Waals surface area contributed by atoms with Crippen LogP contribution in [-0.4, -0.2) is 32.0 Å². The lowest BCUT2D eigenvalue weighted by Gasteiger charge is -2.34. The molecule has 0 amide bonds. The SMILES string of the molecule is O=S(=O)(NC1CCc2c(F)cc(F)cc21)N1CC(F)C1. The molecule has 0 saturated carbocycles. The quantitative estimate of drug-likeness (QED) is 0.918. The summed E-state index contributed by atoms with van der Waals surface area (Å²) >= 11 is 0. The van der Waals surface area contributed by atoms with E-state index in [1.807, 2.05) is 0 Å². The first-order chi connectivity index (χ1) is 9.37. The number of hydrogen-bond donors (Lipinski definition) is 1. The van der Waals surface area contributed by atoms with Gasteiger partial charge in [-0.2, -0.15) is 17.4 Å². The second kappa shape index (κ2) is 4.71. The van der Waals surface area contributed by atoms with Crippen LogP contribution in [-0.2, 0) is 16.6 Å². The summed E-state index contributed by atoms with van der Waals surface area (Å²) in [5.41, 5.74) is 0.662. The summed E-state index contributed by atoms with van der Waals surface area (Å²) in [7, 11) is -3.81. The van der Waals surface area contributed by atoms with Gasteiger partial charge in [0.1, 0.15) is 17.8 Å². The second-order valence-corrected chi connectivity index (χ2v) is 6.79. The molecule has 1 aliphatic heterocycles. The van der Waals surface area contributed by atoms with Crippen molar-refractivity contribution < 1.29 is 21.6 Å². The minimum Gasteiger partial charge on any atom is -0.245 e. The molecule has 0 radical (unpaired) electrons. The number of fused-ring (bicyclic) bond motifs is 1. The Morgan fingerprint density at radius 3 is 2.60 bits per heavy atom. The highest BCUT2D eigenvalue weighted by atomic mass is 32.2. The van der Waals surface area contributed by atoms with E-state index >= 15 is 0 Å². The van der Waals surface area contributed by atoms with Crippen LogP contribution < -0.4 is 4.72 Å². The summed E-state index contributed by atoms with van der Waals surface area (Å²) in [5, 5.41) is 0. The van der Waals surface area contributed by atoms with Crippen LogP contribution in [0.1, 0.15) is 23.6 Å². The first-order valence-corrected chi connectivity index (χ1v) is 7.70. The monoisotopic (exact) mass is 306 g/mol. The van der Waals surface area contributed by atoms with Gasteiger partial charge in [0.25, 0.3) is 10.2 Å². The maximum absolute atomic E-state index is 13.6. The van der Waals surface area contributed by atoms with Gasteiger partial charge in [-0.15, -0.1) is 0 Å². The molecule has 1 aromatic rings. The third kappa shape index (κ3) is 2.32. The van der Waals surface area contributed by atoms with Crippen molar-refractivity contribution in [3.05, 3.63) is 34.9 Å². The number of halogens is 3.